The molecule has 7 rings (SSSR count). The van der Waals surface area contributed by atoms with Crippen LogP contribution in [0.15, 0.2) is 121 Å². The van der Waals surface area contributed by atoms with E-state index in [4.69, 9.17) is 5.10 Å². The summed E-state index contributed by atoms with van der Waals surface area (Å²) in [5.74, 6) is 1.67. The lowest BCUT2D eigenvalue weighted by Crippen LogP contribution is -2.02. The minimum absolute atomic E-state index is 0.825. The molecule has 0 spiro atoms. The van der Waals surface area contributed by atoms with Gasteiger partial charge in [-0.2, -0.15) is 0 Å². The van der Waals surface area contributed by atoms with Crippen LogP contribution in [0, 0.1) is 13.8 Å². The van der Waals surface area contributed by atoms with E-state index in [0.29, 0.717) is 0 Å². The number of benzene rings is 5. The highest BCUT2D eigenvalue weighted by Gasteiger charge is 2.19. The normalized spacial score (nSPS) is 11.4. The Morgan fingerprint density at radius 3 is 1.71 bits per heavy atom. The molecule has 182 valence electrons. The van der Waals surface area contributed by atoms with Crippen molar-refractivity contribution < 1.29 is 0 Å². The molecule has 2 aromatic heterocycles. The summed E-state index contributed by atoms with van der Waals surface area (Å²) in [6, 6.07) is 42.7. The van der Waals surface area contributed by atoms with E-state index in [0.717, 1.165) is 34.2 Å². The van der Waals surface area contributed by atoms with Crippen molar-refractivity contribution in [3.05, 3.63) is 132 Å². The second-order valence-electron chi connectivity index (χ2n) is 9.75. The molecular weight excluding hydrogens is 464 g/mol. The minimum Gasteiger partial charge on any atom is -0.309 e. The molecule has 0 unspecified atom stereocenters. The highest BCUT2D eigenvalue weighted by atomic mass is 15.3. The van der Waals surface area contributed by atoms with Crippen LogP contribution in [0.4, 0.5) is 0 Å². The monoisotopic (exact) mass is 490 g/mol. The summed E-state index contributed by atoms with van der Waals surface area (Å²) >= 11 is 0. The minimum atomic E-state index is 0.825. The first kappa shape index (κ1) is 22.3. The van der Waals surface area contributed by atoms with Gasteiger partial charge in [-0.15, -0.1) is 10.2 Å². The number of fused-ring (bicyclic) bond motifs is 3. The highest BCUT2D eigenvalue weighted by Crippen LogP contribution is 2.34. The Morgan fingerprint density at radius 2 is 1.05 bits per heavy atom. The molecule has 0 amide bonds. The molecule has 0 fully saturated rings. The van der Waals surface area contributed by atoms with Crippen LogP contribution >= 0.6 is 0 Å². The average molecular weight is 491 g/mol. The van der Waals surface area contributed by atoms with Crippen molar-refractivity contribution in [2.75, 3.05) is 0 Å². The predicted octanol–water partition coefficient (Wildman–Crippen LogP) is 8.32. The maximum atomic E-state index is 4.70. The van der Waals surface area contributed by atoms with Gasteiger partial charge in [0.2, 0.25) is 0 Å². The zero-order valence-electron chi connectivity index (χ0n) is 21.3. The van der Waals surface area contributed by atoms with Crippen molar-refractivity contribution in [3.63, 3.8) is 0 Å². The summed E-state index contributed by atoms with van der Waals surface area (Å²) < 4.78 is 4.51. The summed E-state index contributed by atoms with van der Waals surface area (Å²) in [7, 11) is 0. The lowest BCUT2D eigenvalue weighted by molar-refractivity contribution is 1.06. The van der Waals surface area contributed by atoms with Gasteiger partial charge in [-0.25, -0.2) is 0 Å². The summed E-state index contributed by atoms with van der Waals surface area (Å²) in [5, 5.41) is 11.9. The molecule has 0 radical (unpaired) electrons. The third kappa shape index (κ3) is 3.53. The number of aryl methyl sites for hydroxylation is 2. The molecule has 5 aromatic carbocycles. The van der Waals surface area contributed by atoms with Crippen LogP contribution in [0.25, 0.3) is 56.0 Å². The van der Waals surface area contributed by atoms with Gasteiger partial charge in [-0.3, -0.25) is 4.57 Å². The summed E-state index contributed by atoms with van der Waals surface area (Å²) in [6.45, 7) is 4.24. The van der Waals surface area contributed by atoms with E-state index >= 15 is 0 Å². The molecule has 2 heterocycles. The molecule has 0 aliphatic carbocycles. The number of hydrogen-bond donors (Lipinski definition) is 0. The quantitative estimate of drug-likeness (QED) is 0.249. The largest absolute Gasteiger partial charge is 0.309 e. The molecule has 0 N–H and O–H groups in total. The second kappa shape index (κ2) is 8.86. The summed E-state index contributed by atoms with van der Waals surface area (Å²) in [4.78, 5) is 0. The van der Waals surface area contributed by atoms with Crippen LogP contribution < -0.4 is 0 Å². The van der Waals surface area contributed by atoms with Crippen LogP contribution in [0.5, 0.6) is 0 Å². The van der Waals surface area contributed by atoms with E-state index in [1.807, 2.05) is 18.2 Å². The van der Waals surface area contributed by atoms with Crippen LogP contribution in [0.1, 0.15) is 11.1 Å². The number of rotatable bonds is 4. The first-order chi connectivity index (χ1) is 18.7. The van der Waals surface area contributed by atoms with E-state index < -0.39 is 0 Å². The fourth-order valence-electron chi connectivity index (χ4n) is 5.41. The van der Waals surface area contributed by atoms with Gasteiger partial charge >= 0.3 is 0 Å². The fraction of sp³-hybridized carbons (Fsp3) is 0.0588. The molecule has 7 aromatic rings. The maximum absolute atomic E-state index is 4.70. The van der Waals surface area contributed by atoms with Crippen molar-refractivity contribution in [3.8, 4) is 34.2 Å². The Balaban J connectivity index is 1.43. The van der Waals surface area contributed by atoms with Gasteiger partial charge in [0, 0.05) is 33.3 Å². The van der Waals surface area contributed by atoms with Crippen molar-refractivity contribution in [1.82, 2.24) is 19.3 Å². The summed E-state index contributed by atoms with van der Waals surface area (Å²) in [6.07, 6.45) is 0. The Hall–Kier alpha value is -4.96. The Morgan fingerprint density at radius 1 is 0.500 bits per heavy atom. The smallest absolute Gasteiger partial charge is 0.169 e. The van der Waals surface area contributed by atoms with Crippen molar-refractivity contribution in [2.45, 2.75) is 13.8 Å². The lowest BCUT2D eigenvalue weighted by atomic mass is 10.0. The number of para-hydroxylation sites is 2. The molecule has 4 nitrogen and oxygen atoms in total. The molecule has 0 atom stereocenters. The van der Waals surface area contributed by atoms with E-state index in [1.54, 1.807) is 0 Å². The third-order valence-corrected chi connectivity index (χ3v) is 7.28. The van der Waals surface area contributed by atoms with Crippen LogP contribution in [0.3, 0.4) is 0 Å². The van der Waals surface area contributed by atoms with Crippen molar-refractivity contribution in [1.29, 1.82) is 0 Å². The maximum Gasteiger partial charge on any atom is 0.169 e. The lowest BCUT2D eigenvalue weighted by Gasteiger charge is -2.14. The van der Waals surface area contributed by atoms with Gasteiger partial charge in [0.25, 0.3) is 0 Å². The Labute approximate surface area is 221 Å². The Bertz CT molecular complexity index is 1870. The van der Waals surface area contributed by atoms with E-state index in [1.165, 1.54) is 32.9 Å². The van der Waals surface area contributed by atoms with Crippen LogP contribution in [-0.2, 0) is 0 Å². The van der Waals surface area contributed by atoms with Crippen molar-refractivity contribution in [2.24, 2.45) is 0 Å². The van der Waals surface area contributed by atoms with Crippen LogP contribution in [0.2, 0.25) is 0 Å². The molecule has 0 saturated carbocycles. The molecule has 0 bridgehead atoms. The first-order valence-corrected chi connectivity index (χ1v) is 12.9. The Kier molecular flexibility index (Phi) is 5.19. The summed E-state index contributed by atoms with van der Waals surface area (Å²) in [5.41, 5.74) is 9.03. The molecule has 4 heteroatoms. The number of hydrogen-bond acceptors (Lipinski definition) is 2. The molecule has 0 aliphatic heterocycles. The third-order valence-electron chi connectivity index (χ3n) is 7.28. The predicted molar refractivity (Wildman–Crippen MR) is 156 cm³/mol. The van der Waals surface area contributed by atoms with Gasteiger partial charge in [-0.05, 0) is 61.9 Å². The first-order valence-electron chi connectivity index (χ1n) is 12.9. The fourth-order valence-corrected chi connectivity index (χ4v) is 5.41. The van der Waals surface area contributed by atoms with Gasteiger partial charge < -0.3 is 4.57 Å². The molecule has 38 heavy (non-hydrogen) atoms. The number of nitrogens with zero attached hydrogens (tertiary/aromatic N) is 4. The van der Waals surface area contributed by atoms with Gasteiger partial charge in [0.1, 0.15) is 0 Å². The van der Waals surface area contributed by atoms with E-state index in [9.17, 15) is 0 Å². The number of aromatic nitrogens is 4. The second-order valence-corrected chi connectivity index (χ2v) is 9.75. The van der Waals surface area contributed by atoms with E-state index in [-0.39, 0.29) is 0 Å². The standard InChI is InChI=1S/C34H26N4/c1-23-16-17-24(2)30(22-23)34-36-35-33(25-10-4-3-5-11-25)38(34)27-20-18-26(19-21-27)37-31-14-8-6-12-28(31)29-13-7-9-15-32(29)37/h3-22H,1-2H3. The highest BCUT2D eigenvalue weighted by molar-refractivity contribution is 6.09. The van der Waals surface area contributed by atoms with Crippen molar-refractivity contribution >= 4 is 21.8 Å². The SMILES string of the molecule is Cc1ccc(C)c(-c2nnc(-c3ccccc3)n2-c2ccc(-n3c4ccccc4c4ccccc43)cc2)c1. The van der Waals surface area contributed by atoms with Gasteiger partial charge in [0.05, 0.1) is 11.0 Å². The van der Waals surface area contributed by atoms with E-state index in [2.05, 4.69) is 131 Å². The van der Waals surface area contributed by atoms with Gasteiger partial charge in [0.15, 0.2) is 11.6 Å². The zero-order valence-corrected chi connectivity index (χ0v) is 21.3. The molecule has 0 aliphatic rings. The van der Waals surface area contributed by atoms with Crippen LogP contribution in [-0.4, -0.2) is 19.3 Å². The molecular formula is C34H26N4. The zero-order chi connectivity index (χ0) is 25.6. The average Bonchev–Trinajstić information content (AvgIpc) is 3.55. The molecule has 0 saturated heterocycles. The van der Waals surface area contributed by atoms with Gasteiger partial charge in [-0.1, -0.05) is 84.4 Å². The topological polar surface area (TPSA) is 35.6 Å².